The number of quaternary nitrogens is 1. The summed E-state index contributed by atoms with van der Waals surface area (Å²) in [6.45, 7) is 4.25. The maximum atomic E-state index is 12.8. The molecular formula is C72H138NO8P. The smallest absolute Gasteiger partial charge is 0.306 e. The number of unbranched alkanes of at least 4 members (excludes halogenated alkanes) is 47. The van der Waals surface area contributed by atoms with Crippen molar-refractivity contribution < 1.29 is 42.1 Å². The topological polar surface area (TPSA) is 111 Å². The minimum atomic E-state index is -4.64. The Labute approximate surface area is 510 Å². The molecule has 0 saturated heterocycles. The van der Waals surface area contributed by atoms with Crippen LogP contribution in [0.25, 0.3) is 0 Å². The van der Waals surface area contributed by atoms with Gasteiger partial charge in [0.15, 0.2) is 6.10 Å². The standard InChI is InChI=1S/C72H138NO8P/c1-6-8-10-12-14-16-18-20-22-24-26-27-28-29-30-31-32-33-34-35-36-37-38-39-40-41-42-43-44-45-47-48-50-52-54-56-58-60-62-64-71(74)78-68-70(69-80-82(76,77)79-67-66-73(3,4)5)81-72(75)65-63-61-59-57-55-53-51-49-46-25-23-21-19-17-15-13-11-9-7-2/h15,17,21,23,46,49,70H,6-14,16,18-20,22,24-45,47-48,50-69H2,1-5H3/b17-15-,23-21-,49-46-. The lowest BCUT2D eigenvalue weighted by atomic mass is 10.0. The fourth-order valence-electron chi connectivity index (χ4n) is 10.7. The van der Waals surface area contributed by atoms with Crippen molar-refractivity contribution in [3.63, 3.8) is 0 Å². The molecule has 0 rings (SSSR count). The number of rotatable bonds is 67. The van der Waals surface area contributed by atoms with Crippen LogP contribution in [-0.2, 0) is 32.7 Å². The van der Waals surface area contributed by atoms with Gasteiger partial charge < -0.3 is 27.9 Å². The third-order valence-corrected chi connectivity index (χ3v) is 17.1. The summed E-state index contributed by atoms with van der Waals surface area (Å²) in [5, 5.41) is 0. The van der Waals surface area contributed by atoms with E-state index in [1.165, 1.54) is 257 Å². The number of carbonyl (C=O) groups is 2. The number of ether oxygens (including phenoxy) is 2. The van der Waals surface area contributed by atoms with Gasteiger partial charge in [0.25, 0.3) is 7.82 Å². The number of nitrogens with zero attached hydrogens (tertiary/aromatic N) is 1. The minimum absolute atomic E-state index is 0.0324. The summed E-state index contributed by atoms with van der Waals surface area (Å²) in [4.78, 5) is 38.0. The Hall–Kier alpha value is -1.77. The Bertz CT molecular complexity index is 1480. The first-order valence-electron chi connectivity index (χ1n) is 35.7. The fraction of sp³-hybridized carbons (Fsp3) is 0.889. The number of hydrogen-bond acceptors (Lipinski definition) is 8. The monoisotopic (exact) mass is 1180 g/mol. The van der Waals surface area contributed by atoms with Gasteiger partial charge >= 0.3 is 11.9 Å². The second-order valence-electron chi connectivity index (χ2n) is 25.6. The molecule has 0 bridgehead atoms. The quantitative estimate of drug-likeness (QED) is 0.0195. The van der Waals surface area contributed by atoms with Gasteiger partial charge in [0.2, 0.25) is 0 Å². The first-order valence-corrected chi connectivity index (χ1v) is 37.2. The number of hydrogen-bond donors (Lipinski definition) is 0. The number of allylic oxidation sites excluding steroid dienone is 6. The molecule has 2 atom stereocenters. The molecule has 10 heteroatoms. The van der Waals surface area contributed by atoms with E-state index in [2.05, 4.69) is 50.3 Å². The highest BCUT2D eigenvalue weighted by molar-refractivity contribution is 7.45. The molecule has 0 aliphatic rings. The highest BCUT2D eigenvalue weighted by Gasteiger charge is 2.22. The van der Waals surface area contributed by atoms with Crippen LogP contribution in [0.1, 0.15) is 361 Å². The van der Waals surface area contributed by atoms with E-state index in [-0.39, 0.29) is 32.0 Å². The number of esters is 2. The lowest BCUT2D eigenvalue weighted by Gasteiger charge is -2.28. The Balaban J connectivity index is 3.88. The van der Waals surface area contributed by atoms with E-state index in [0.717, 1.165) is 70.6 Å². The molecule has 0 spiro atoms. The summed E-state index contributed by atoms with van der Waals surface area (Å²) in [7, 11) is 1.17. The Morgan fingerprint density at radius 1 is 0.378 bits per heavy atom. The van der Waals surface area contributed by atoms with Gasteiger partial charge in [-0.2, -0.15) is 0 Å². The van der Waals surface area contributed by atoms with E-state index in [0.29, 0.717) is 17.4 Å². The van der Waals surface area contributed by atoms with Gasteiger partial charge in [-0.25, -0.2) is 0 Å². The van der Waals surface area contributed by atoms with Crippen LogP contribution in [0.4, 0.5) is 0 Å². The van der Waals surface area contributed by atoms with Crippen LogP contribution >= 0.6 is 7.82 Å². The number of phosphoric ester groups is 1. The van der Waals surface area contributed by atoms with Crippen LogP contribution in [0, 0.1) is 0 Å². The van der Waals surface area contributed by atoms with Gasteiger partial charge in [0, 0.05) is 12.8 Å². The summed E-state index contributed by atoms with van der Waals surface area (Å²) < 4.78 is 34.3. The van der Waals surface area contributed by atoms with Crippen LogP contribution in [-0.4, -0.2) is 70.0 Å². The van der Waals surface area contributed by atoms with Crippen LogP contribution in [0.3, 0.4) is 0 Å². The van der Waals surface area contributed by atoms with Gasteiger partial charge in [0.05, 0.1) is 27.7 Å². The molecule has 0 fully saturated rings. The molecule has 0 radical (unpaired) electrons. The lowest BCUT2D eigenvalue weighted by molar-refractivity contribution is -0.870. The Morgan fingerprint density at radius 2 is 0.659 bits per heavy atom. The first-order chi connectivity index (χ1) is 40.0. The van der Waals surface area contributed by atoms with Gasteiger partial charge in [0.1, 0.15) is 19.8 Å². The largest absolute Gasteiger partial charge is 0.756 e. The van der Waals surface area contributed by atoms with E-state index >= 15 is 0 Å². The molecule has 0 saturated carbocycles. The van der Waals surface area contributed by atoms with E-state index in [1.54, 1.807) is 0 Å². The van der Waals surface area contributed by atoms with E-state index in [9.17, 15) is 19.0 Å². The lowest BCUT2D eigenvalue weighted by Crippen LogP contribution is -2.37. The molecule has 0 aliphatic heterocycles. The van der Waals surface area contributed by atoms with Crippen molar-refractivity contribution >= 4 is 19.8 Å². The second-order valence-corrected chi connectivity index (χ2v) is 27.0. The maximum Gasteiger partial charge on any atom is 0.306 e. The zero-order chi connectivity index (χ0) is 59.8. The van der Waals surface area contributed by atoms with Crippen molar-refractivity contribution in [1.82, 2.24) is 0 Å². The van der Waals surface area contributed by atoms with Crippen LogP contribution in [0.15, 0.2) is 36.5 Å². The fourth-order valence-corrected chi connectivity index (χ4v) is 11.4. The van der Waals surface area contributed by atoms with Gasteiger partial charge in [-0.1, -0.05) is 333 Å². The normalized spacial score (nSPS) is 13.3. The van der Waals surface area contributed by atoms with Crippen molar-refractivity contribution in [2.24, 2.45) is 0 Å². The number of carbonyl (C=O) groups excluding carboxylic acids is 2. The molecule has 0 N–H and O–H groups in total. The van der Waals surface area contributed by atoms with Crippen LogP contribution < -0.4 is 4.89 Å². The average Bonchev–Trinajstić information content (AvgIpc) is 3.46. The predicted molar refractivity (Wildman–Crippen MR) is 351 cm³/mol. The van der Waals surface area contributed by atoms with Crippen molar-refractivity contribution in [2.45, 2.75) is 367 Å². The Kier molecular flexibility index (Phi) is 62.3. The summed E-state index contributed by atoms with van der Waals surface area (Å²) in [6, 6.07) is 0. The van der Waals surface area contributed by atoms with E-state index in [4.69, 9.17) is 18.5 Å². The molecule has 484 valence electrons. The summed E-state index contributed by atoms with van der Waals surface area (Å²) in [6.07, 6.45) is 81.2. The molecule has 0 aromatic heterocycles. The molecule has 0 amide bonds. The number of likely N-dealkylation sites (N-methyl/N-ethyl adjacent to an activating group) is 1. The first kappa shape index (κ1) is 80.2. The maximum absolute atomic E-state index is 12.8. The van der Waals surface area contributed by atoms with Crippen LogP contribution in [0.2, 0.25) is 0 Å². The molecule has 82 heavy (non-hydrogen) atoms. The summed E-state index contributed by atoms with van der Waals surface area (Å²) in [5.41, 5.74) is 0. The van der Waals surface area contributed by atoms with E-state index in [1.807, 2.05) is 21.1 Å². The average molecular weight is 1180 g/mol. The number of phosphoric acid groups is 1. The zero-order valence-corrected chi connectivity index (χ0v) is 56.1. The van der Waals surface area contributed by atoms with Gasteiger partial charge in [-0.05, 0) is 51.4 Å². The third-order valence-electron chi connectivity index (χ3n) is 16.2. The molecule has 2 unspecified atom stereocenters. The SMILES string of the molecule is CCCCC/C=C\C/C=C\C/C=C\CCCCCCCCC(=O)OC(COC(=O)CCCCCCCCCCCCCCCCCCCCCCCCCCCCCCCCCCCCCCCCC)COP(=O)([O-])OCC[N+](C)(C)C. The molecule has 0 heterocycles. The Morgan fingerprint density at radius 3 is 1.00 bits per heavy atom. The van der Waals surface area contributed by atoms with E-state index < -0.39 is 26.5 Å². The molecule has 0 aromatic carbocycles. The molecule has 0 aromatic rings. The van der Waals surface area contributed by atoms with Gasteiger partial charge in [-0.15, -0.1) is 0 Å². The predicted octanol–water partition coefficient (Wildman–Crippen LogP) is 22.4. The molecular weight excluding hydrogens is 1040 g/mol. The molecule has 0 aliphatic carbocycles. The minimum Gasteiger partial charge on any atom is -0.756 e. The summed E-state index contributed by atoms with van der Waals surface area (Å²) >= 11 is 0. The van der Waals surface area contributed by atoms with Crippen molar-refractivity contribution in [3.8, 4) is 0 Å². The zero-order valence-electron chi connectivity index (χ0n) is 55.2. The van der Waals surface area contributed by atoms with Crippen molar-refractivity contribution in [3.05, 3.63) is 36.5 Å². The van der Waals surface area contributed by atoms with Crippen molar-refractivity contribution in [2.75, 3.05) is 47.5 Å². The summed E-state index contributed by atoms with van der Waals surface area (Å²) in [5.74, 6) is -0.832. The van der Waals surface area contributed by atoms with Crippen LogP contribution in [0.5, 0.6) is 0 Å². The van der Waals surface area contributed by atoms with Crippen molar-refractivity contribution in [1.29, 1.82) is 0 Å². The molecule has 9 nitrogen and oxygen atoms in total. The highest BCUT2D eigenvalue weighted by Crippen LogP contribution is 2.38. The highest BCUT2D eigenvalue weighted by atomic mass is 31.2. The second kappa shape index (κ2) is 63.7. The third kappa shape index (κ3) is 67.4. The van der Waals surface area contributed by atoms with Gasteiger partial charge in [-0.3, -0.25) is 14.2 Å².